The van der Waals surface area contributed by atoms with E-state index in [9.17, 15) is 9.90 Å². The lowest BCUT2D eigenvalue weighted by atomic mass is 9.90. The van der Waals surface area contributed by atoms with E-state index in [-0.39, 0.29) is 12.3 Å². The molecule has 0 radical (unpaired) electrons. The van der Waals surface area contributed by atoms with Gasteiger partial charge in [-0.3, -0.25) is 4.79 Å². The van der Waals surface area contributed by atoms with Gasteiger partial charge >= 0.3 is 5.97 Å². The van der Waals surface area contributed by atoms with Crippen LogP contribution >= 0.6 is 0 Å². The molecule has 4 atom stereocenters. The normalized spacial score (nSPS) is 23.8. The monoisotopic (exact) mass is 322 g/mol. The zero-order chi connectivity index (χ0) is 17.1. The van der Waals surface area contributed by atoms with Crippen molar-refractivity contribution >= 4 is 5.97 Å². The number of unbranched alkanes of at least 4 members (excludes halogenated alkanes) is 1. The van der Waals surface area contributed by atoms with Crippen molar-refractivity contribution in [1.29, 1.82) is 0 Å². The van der Waals surface area contributed by atoms with Crippen LogP contribution in [0.15, 0.2) is 36.5 Å². The second-order valence-corrected chi connectivity index (χ2v) is 6.30. The molecule has 4 heteroatoms. The third-order valence-electron chi connectivity index (χ3n) is 4.25. The molecule has 0 aromatic heterocycles. The maximum Gasteiger partial charge on any atom is 0.303 e. The minimum Gasteiger partial charge on any atom is -0.481 e. The number of methoxy groups -OCH3 is 1. The molecule has 0 aliphatic heterocycles. The van der Waals surface area contributed by atoms with Crippen molar-refractivity contribution < 1.29 is 19.7 Å². The number of ether oxygens (including phenoxy) is 1. The van der Waals surface area contributed by atoms with Crippen molar-refractivity contribution in [1.82, 2.24) is 0 Å². The van der Waals surface area contributed by atoms with Gasteiger partial charge in [-0.25, -0.2) is 0 Å². The summed E-state index contributed by atoms with van der Waals surface area (Å²) in [4.78, 5) is 10.4. The Morgan fingerprint density at radius 2 is 2.22 bits per heavy atom. The van der Waals surface area contributed by atoms with Crippen molar-refractivity contribution in [3.63, 3.8) is 0 Å². The molecule has 130 valence electrons. The lowest BCUT2D eigenvalue weighted by Crippen LogP contribution is -2.20. The van der Waals surface area contributed by atoms with Gasteiger partial charge < -0.3 is 14.9 Å². The summed E-state index contributed by atoms with van der Waals surface area (Å²) in [5.41, 5.74) is 0. The third kappa shape index (κ3) is 8.14. The zero-order valence-electron chi connectivity index (χ0n) is 14.2. The summed E-state index contributed by atoms with van der Waals surface area (Å²) in [6.45, 7) is 2.52. The second-order valence-electron chi connectivity index (χ2n) is 6.30. The van der Waals surface area contributed by atoms with Crippen molar-refractivity contribution in [2.75, 3.05) is 13.7 Å². The van der Waals surface area contributed by atoms with Crippen LogP contribution in [-0.4, -0.2) is 36.0 Å². The van der Waals surface area contributed by atoms with E-state index in [1.807, 2.05) is 13.0 Å². The molecule has 0 aromatic rings. The highest BCUT2D eigenvalue weighted by molar-refractivity contribution is 5.66. The molecule has 0 saturated carbocycles. The second kappa shape index (κ2) is 11.2. The van der Waals surface area contributed by atoms with Crippen molar-refractivity contribution in [3.05, 3.63) is 36.5 Å². The highest BCUT2D eigenvalue weighted by atomic mass is 16.5. The van der Waals surface area contributed by atoms with Gasteiger partial charge in [0.2, 0.25) is 0 Å². The third-order valence-corrected chi connectivity index (χ3v) is 4.25. The first kappa shape index (κ1) is 19.7. The summed E-state index contributed by atoms with van der Waals surface area (Å²) in [7, 11) is 1.64. The molecule has 0 saturated heterocycles. The number of carboxylic acids is 1. The molecule has 2 N–H and O–H groups in total. The molecule has 4 nitrogen and oxygen atoms in total. The number of carboxylic acid groups (broad SMARTS) is 1. The topological polar surface area (TPSA) is 66.8 Å². The predicted octanol–water partition coefficient (Wildman–Crippen LogP) is 3.58. The van der Waals surface area contributed by atoms with E-state index in [0.29, 0.717) is 24.9 Å². The number of carbonyl (C=O) groups is 1. The van der Waals surface area contributed by atoms with E-state index in [4.69, 9.17) is 9.84 Å². The van der Waals surface area contributed by atoms with Gasteiger partial charge in [-0.15, -0.1) is 0 Å². The first-order valence-corrected chi connectivity index (χ1v) is 8.43. The highest BCUT2D eigenvalue weighted by Gasteiger charge is 2.20. The lowest BCUT2D eigenvalue weighted by Gasteiger charge is -2.17. The SMILES string of the molecule is COCC(C)C(O)C=C[C@H]1C=CC[C@@H]1C/C=C\CCCC(=O)O. The number of hydrogen-bond donors (Lipinski definition) is 2. The average molecular weight is 322 g/mol. The van der Waals surface area contributed by atoms with Crippen molar-refractivity contribution in [2.24, 2.45) is 17.8 Å². The molecule has 1 aliphatic carbocycles. The Morgan fingerprint density at radius 3 is 2.91 bits per heavy atom. The summed E-state index contributed by atoms with van der Waals surface area (Å²) in [6, 6.07) is 0. The molecular weight excluding hydrogens is 292 g/mol. The molecule has 0 aromatic carbocycles. The first-order valence-electron chi connectivity index (χ1n) is 8.43. The van der Waals surface area contributed by atoms with E-state index in [2.05, 4.69) is 30.4 Å². The molecule has 0 fully saturated rings. The van der Waals surface area contributed by atoms with Crippen LogP contribution in [0.25, 0.3) is 0 Å². The Bertz CT molecular complexity index is 425. The highest BCUT2D eigenvalue weighted by Crippen LogP contribution is 2.30. The van der Waals surface area contributed by atoms with Crippen LogP contribution in [0.2, 0.25) is 0 Å². The maximum atomic E-state index is 10.4. The van der Waals surface area contributed by atoms with Crippen LogP contribution in [-0.2, 0) is 9.53 Å². The number of aliphatic carboxylic acids is 1. The van der Waals surface area contributed by atoms with E-state index in [1.165, 1.54) is 0 Å². The Kier molecular flexibility index (Phi) is 9.57. The summed E-state index contributed by atoms with van der Waals surface area (Å²) < 4.78 is 5.06. The molecule has 1 rings (SSSR count). The zero-order valence-corrected chi connectivity index (χ0v) is 14.2. The fraction of sp³-hybridized carbons (Fsp3) is 0.632. The lowest BCUT2D eigenvalue weighted by molar-refractivity contribution is -0.137. The average Bonchev–Trinajstić information content (AvgIpc) is 2.95. The standard InChI is InChI=1S/C19H30O4/c1-15(14-23-2)18(20)13-12-17-10-7-9-16(17)8-5-3-4-6-11-19(21)22/h3,5,7,10,12-13,15-18,20H,4,6,8-9,11,14H2,1-2H3,(H,21,22)/b5-3-,13-12?/t15?,16-,17+,18?/m0/s1. The van der Waals surface area contributed by atoms with Crippen molar-refractivity contribution in [2.45, 2.75) is 45.1 Å². The van der Waals surface area contributed by atoms with E-state index in [1.54, 1.807) is 7.11 Å². The van der Waals surface area contributed by atoms with Gasteiger partial charge in [0.1, 0.15) is 0 Å². The molecule has 23 heavy (non-hydrogen) atoms. The molecule has 1 aliphatic rings. The number of aliphatic hydroxyl groups is 1. The summed E-state index contributed by atoms with van der Waals surface area (Å²) in [6.07, 6.45) is 15.9. The van der Waals surface area contributed by atoms with E-state index in [0.717, 1.165) is 19.3 Å². The summed E-state index contributed by atoms with van der Waals surface area (Å²) >= 11 is 0. The number of hydrogen-bond acceptors (Lipinski definition) is 3. The fourth-order valence-electron chi connectivity index (χ4n) is 2.75. The van der Waals surface area contributed by atoms with Gasteiger partial charge in [-0.1, -0.05) is 43.4 Å². The summed E-state index contributed by atoms with van der Waals surface area (Å²) in [5, 5.41) is 18.6. The number of allylic oxidation sites excluding steroid dienone is 5. The van der Waals surface area contributed by atoms with Gasteiger partial charge in [0.15, 0.2) is 0 Å². The Morgan fingerprint density at radius 1 is 1.43 bits per heavy atom. The Labute approximate surface area is 139 Å². The maximum absolute atomic E-state index is 10.4. The number of aliphatic hydroxyl groups excluding tert-OH is 1. The van der Waals surface area contributed by atoms with E-state index < -0.39 is 12.1 Å². The van der Waals surface area contributed by atoms with Crippen LogP contribution in [0.4, 0.5) is 0 Å². The van der Waals surface area contributed by atoms with Gasteiger partial charge in [-0.2, -0.15) is 0 Å². The largest absolute Gasteiger partial charge is 0.481 e. The molecule has 0 bridgehead atoms. The fourth-order valence-corrected chi connectivity index (χ4v) is 2.75. The molecule has 2 unspecified atom stereocenters. The quantitative estimate of drug-likeness (QED) is 0.451. The van der Waals surface area contributed by atoms with Crippen LogP contribution in [0.5, 0.6) is 0 Å². The Hall–Kier alpha value is -1.39. The van der Waals surface area contributed by atoms with Gasteiger partial charge in [0.25, 0.3) is 0 Å². The molecule has 0 spiro atoms. The van der Waals surface area contributed by atoms with Gasteiger partial charge in [0.05, 0.1) is 12.7 Å². The van der Waals surface area contributed by atoms with Gasteiger partial charge in [-0.05, 0) is 37.5 Å². The Balaban J connectivity index is 2.34. The van der Waals surface area contributed by atoms with Gasteiger partial charge in [0, 0.05) is 19.4 Å². The number of rotatable bonds is 11. The minimum absolute atomic E-state index is 0.0919. The molecular formula is C19H30O4. The van der Waals surface area contributed by atoms with Crippen LogP contribution in [0, 0.1) is 17.8 Å². The van der Waals surface area contributed by atoms with Crippen molar-refractivity contribution in [3.8, 4) is 0 Å². The van der Waals surface area contributed by atoms with E-state index >= 15 is 0 Å². The molecule has 0 heterocycles. The van der Waals surface area contributed by atoms with Crippen LogP contribution < -0.4 is 0 Å². The smallest absolute Gasteiger partial charge is 0.303 e. The first-order chi connectivity index (χ1) is 11.0. The van der Waals surface area contributed by atoms with Crippen LogP contribution in [0.1, 0.15) is 39.0 Å². The minimum atomic E-state index is -0.732. The summed E-state index contributed by atoms with van der Waals surface area (Å²) in [5.74, 6) is 0.258. The predicted molar refractivity (Wildman–Crippen MR) is 92.2 cm³/mol. The molecule has 0 amide bonds. The van der Waals surface area contributed by atoms with Crippen LogP contribution in [0.3, 0.4) is 0 Å².